The van der Waals surface area contributed by atoms with Crippen LogP contribution < -0.4 is 25.2 Å². The Bertz CT molecular complexity index is 844. The SMILES string of the molecule is COc1ccc(NC(=O)C(=O)NC[C@@H](c2ccc(N(C)C)cc2)[NH+]2CCCC2)cc1. The van der Waals surface area contributed by atoms with Gasteiger partial charge in [-0.15, -0.1) is 0 Å². The zero-order chi connectivity index (χ0) is 21.5. The first-order valence-electron chi connectivity index (χ1n) is 10.3. The summed E-state index contributed by atoms with van der Waals surface area (Å²) in [7, 11) is 5.60. The number of carbonyl (C=O) groups is 2. The fourth-order valence-electron chi connectivity index (χ4n) is 3.82. The third-order valence-corrected chi connectivity index (χ3v) is 5.57. The summed E-state index contributed by atoms with van der Waals surface area (Å²) >= 11 is 0. The topological polar surface area (TPSA) is 75.1 Å². The Hall–Kier alpha value is -3.06. The number of ether oxygens (including phenoxy) is 1. The summed E-state index contributed by atoms with van der Waals surface area (Å²) in [6.45, 7) is 2.58. The highest BCUT2D eigenvalue weighted by molar-refractivity contribution is 6.39. The highest BCUT2D eigenvalue weighted by atomic mass is 16.5. The zero-order valence-electron chi connectivity index (χ0n) is 17.9. The van der Waals surface area contributed by atoms with Gasteiger partial charge >= 0.3 is 11.8 Å². The van der Waals surface area contributed by atoms with E-state index in [1.807, 2.05) is 14.1 Å². The standard InChI is InChI=1S/C23H30N4O3/c1-26(2)19-10-6-17(7-11-19)21(27-14-4-5-15-27)16-24-22(28)23(29)25-18-8-12-20(30-3)13-9-18/h6-13,21H,4-5,14-16H2,1-3H3,(H,24,28)(H,25,29)/p+1/t21-/m0/s1. The van der Waals surface area contributed by atoms with Gasteiger partial charge < -0.3 is 25.2 Å². The Morgan fingerprint density at radius 1 is 1.00 bits per heavy atom. The number of anilines is 2. The maximum atomic E-state index is 12.4. The third-order valence-electron chi connectivity index (χ3n) is 5.57. The molecule has 0 aliphatic carbocycles. The van der Waals surface area contributed by atoms with Crippen LogP contribution >= 0.6 is 0 Å². The molecule has 3 rings (SSSR count). The first-order chi connectivity index (χ1) is 14.5. The van der Waals surface area contributed by atoms with Gasteiger partial charge in [-0.1, -0.05) is 12.1 Å². The van der Waals surface area contributed by atoms with Gasteiger partial charge in [-0.2, -0.15) is 0 Å². The number of quaternary nitrogens is 1. The van der Waals surface area contributed by atoms with Crippen LogP contribution in [-0.4, -0.2) is 52.7 Å². The van der Waals surface area contributed by atoms with Crippen LogP contribution in [0.4, 0.5) is 11.4 Å². The molecule has 1 heterocycles. The van der Waals surface area contributed by atoms with Crippen LogP contribution in [0.25, 0.3) is 0 Å². The van der Waals surface area contributed by atoms with E-state index in [0.717, 1.165) is 18.8 Å². The minimum absolute atomic E-state index is 0.126. The van der Waals surface area contributed by atoms with Crippen molar-refractivity contribution in [3.8, 4) is 5.75 Å². The Morgan fingerprint density at radius 3 is 2.20 bits per heavy atom. The van der Waals surface area contributed by atoms with Crippen molar-refractivity contribution >= 4 is 23.2 Å². The van der Waals surface area contributed by atoms with E-state index in [0.29, 0.717) is 18.0 Å². The van der Waals surface area contributed by atoms with Crippen LogP contribution in [0.5, 0.6) is 5.75 Å². The van der Waals surface area contributed by atoms with Crippen molar-refractivity contribution in [1.29, 1.82) is 0 Å². The van der Waals surface area contributed by atoms with E-state index in [2.05, 4.69) is 39.8 Å². The zero-order valence-corrected chi connectivity index (χ0v) is 17.9. The molecule has 2 aromatic rings. The summed E-state index contributed by atoms with van der Waals surface area (Å²) < 4.78 is 5.10. The third kappa shape index (κ3) is 5.51. The van der Waals surface area contributed by atoms with Crippen molar-refractivity contribution in [1.82, 2.24) is 5.32 Å². The second kappa shape index (κ2) is 10.1. The minimum Gasteiger partial charge on any atom is -0.497 e. The second-order valence-electron chi connectivity index (χ2n) is 7.80. The van der Waals surface area contributed by atoms with Crippen LogP contribution in [0, 0.1) is 0 Å². The lowest BCUT2D eigenvalue weighted by atomic mass is 10.0. The molecule has 0 bridgehead atoms. The molecule has 0 saturated carbocycles. The number of likely N-dealkylation sites (tertiary alicyclic amines) is 1. The number of hydrogen-bond donors (Lipinski definition) is 3. The van der Waals surface area contributed by atoms with Crippen molar-refractivity contribution in [2.24, 2.45) is 0 Å². The lowest BCUT2D eigenvalue weighted by Gasteiger charge is -2.25. The Labute approximate surface area is 178 Å². The van der Waals surface area contributed by atoms with E-state index < -0.39 is 11.8 Å². The van der Waals surface area contributed by atoms with Crippen molar-refractivity contribution < 1.29 is 19.2 Å². The van der Waals surface area contributed by atoms with Crippen LogP contribution in [0.1, 0.15) is 24.4 Å². The molecule has 0 spiro atoms. The quantitative estimate of drug-likeness (QED) is 0.600. The van der Waals surface area contributed by atoms with Crippen LogP contribution in [0.2, 0.25) is 0 Å². The predicted molar refractivity (Wildman–Crippen MR) is 118 cm³/mol. The average molecular weight is 412 g/mol. The van der Waals surface area contributed by atoms with Gasteiger partial charge in [-0.05, 0) is 36.4 Å². The summed E-state index contributed by atoms with van der Waals surface area (Å²) in [6.07, 6.45) is 2.38. The number of amides is 2. The lowest BCUT2D eigenvalue weighted by molar-refractivity contribution is -0.918. The Kier molecular flexibility index (Phi) is 7.30. The molecule has 2 aromatic carbocycles. The molecule has 1 fully saturated rings. The normalized spacial score (nSPS) is 14.8. The number of nitrogens with one attached hydrogen (secondary N) is 3. The van der Waals surface area contributed by atoms with E-state index in [9.17, 15) is 9.59 Å². The van der Waals surface area contributed by atoms with E-state index >= 15 is 0 Å². The molecule has 7 heteroatoms. The fourth-order valence-corrected chi connectivity index (χ4v) is 3.82. The molecule has 1 aliphatic heterocycles. The largest absolute Gasteiger partial charge is 0.497 e. The molecule has 0 radical (unpaired) electrons. The number of benzene rings is 2. The van der Waals surface area contributed by atoms with Gasteiger partial charge in [0, 0.05) is 43.9 Å². The highest BCUT2D eigenvalue weighted by Gasteiger charge is 2.28. The fraction of sp³-hybridized carbons (Fsp3) is 0.391. The van der Waals surface area contributed by atoms with Crippen molar-refractivity contribution in [3.05, 3.63) is 54.1 Å². The summed E-state index contributed by atoms with van der Waals surface area (Å²) in [5.41, 5.74) is 2.86. The number of methoxy groups -OCH3 is 1. The molecule has 1 saturated heterocycles. The summed E-state index contributed by atoms with van der Waals surface area (Å²) in [4.78, 5) is 28.2. The molecule has 1 aliphatic rings. The predicted octanol–water partition coefficient (Wildman–Crippen LogP) is 1.24. The van der Waals surface area contributed by atoms with Gasteiger partial charge in [0.05, 0.1) is 26.7 Å². The van der Waals surface area contributed by atoms with E-state index in [1.54, 1.807) is 31.4 Å². The smallest absolute Gasteiger partial charge is 0.313 e. The summed E-state index contributed by atoms with van der Waals surface area (Å²) in [5.74, 6) is -0.605. The molecule has 0 aromatic heterocycles. The van der Waals surface area contributed by atoms with Gasteiger partial charge in [0.25, 0.3) is 0 Å². The molecule has 3 N–H and O–H groups in total. The first kappa shape index (κ1) is 21.6. The molecule has 160 valence electrons. The maximum absolute atomic E-state index is 12.4. The highest BCUT2D eigenvalue weighted by Crippen LogP contribution is 2.17. The van der Waals surface area contributed by atoms with Crippen LogP contribution in [-0.2, 0) is 9.59 Å². The number of nitrogens with zero attached hydrogens (tertiary/aromatic N) is 1. The van der Waals surface area contributed by atoms with Gasteiger partial charge in [-0.3, -0.25) is 9.59 Å². The Morgan fingerprint density at radius 2 is 1.63 bits per heavy atom. The molecular formula is C23H31N4O3+. The van der Waals surface area contributed by atoms with E-state index in [4.69, 9.17) is 4.74 Å². The van der Waals surface area contributed by atoms with Crippen molar-refractivity contribution in [3.63, 3.8) is 0 Å². The maximum Gasteiger partial charge on any atom is 0.313 e. The first-order valence-corrected chi connectivity index (χ1v) is 10.3. The second-order valence-corrected chi connectivity index (χ2v) is 7.80. The minimum atomic E-state index is -0.668. The molecule has 1 atom stereocenters. The Balaban J connectivity index is 1.62. The van der Waals surface area contributed by atoms with Gasteiger partial charge in [-0.25, -0.2) is 0 Å². The molecule has 2 amide bonds. The molecule has 30 heavy (non-hydrogen) atoms. The number of rotatable bonds is 7. The molecule has 0 unspecified atom stereocenters. The summed E-state index contributed by atoms with van der Waals surface area (Å²) in [6, 6.07) is 15.4. The average Bonchev–Trinajstić information content (AvgIpc) is 3.29. The van der Waals surface area contributed by atoms with Crippen LogP contribution in [0.3, 0.4) is 0 Å². The lowest BCUT2D eigenvalue weighted by Crippen LogP contribution is -3.11. The molecular weight excluding hydrogens is 380 g/mol. The number of carbonyl (C=O) groups excluding carboxylic acids is 2. The monoisotopic (exact) mass is 411 g/mol. The molecule has 7 nitrogen and oxygen atoms in total. The van der Waals surface area contributed by atoms with Gasteiger partial charge in [0.2, 0.25) is 0 Å². The van der Waals surface area contributed by atoms with Crippen molar-refractivity contribution in [2.45, 2.75) is 18.9 Å². The van der Waals surface area contributed by atoms with E-state index in [-0.39, 0.29) is 6.04 Å². The van der Waals surface area contributed by atoms with Crippen LogP contribution in [0.15, 0.2) is 48.5 Å². The van der Waals surface area contributed by atoms with Crippen molar-refractivity contribution in [2.75, 3.05) is 51.1 Å². The van der Waals surface area contributed by atoms with Gasteiger partial charge in [0.15, 0.2) is 0 Å². The summed E-state index contributed by atoms with van der Waals surface area (Å²) in [5, 5.41) is 5.46. The number of hydrogen-bond acceptors (Lipinski definition) is 4. The van der Waals surface area contributed by atoms with Gasteiger partial charge in [0.1, 0.15) is 11.8 Å². The van der Waals surface area contributed by atoms with E-state index in [1.165, 1.54) is 23.3 Å².